The monoisotopic (exact) mass is 439 g/mol. The van der Waals surface area contributed by atoms with Gasteiger partial charge in [0.15, 0.2) is 5.96 Å². The molecule has 0 radical (unpaired) electrons. The van der Waals surface area contributed by atoms with Crippen LogP contribution >= 0.6 is 0 Å². The highest BCUT2D eigenvalue weighted by Crippen LogP contribution is 2.07. The first-order valence-corrected chi connectivity index (χ1v) is 10.9. The van der Waals surface area contributed by atoms with Crippen LogP contribution in [0.3, 0.4) is 0 Å². The topological polar surface area (TPSA) is 143 Å². The largest absolute Gasteiger partial charge is 0.480 e. The van der Waals surface area contributed by atoms with Crippen molar-refractivity contribution < 1.29 is 14.7 Å². The third-order valence-corrected chi connectivity index (χ3v) is 5.03. The highest BCUT2D eigenvalue weighted by Gasteiger charge is 2.25. The molecule has 0 aliphatic rings. The Morgan fingerprint density at radius 2 is 1.53 bits per heavy atom. The summed E-state index contributed by atoms with van der Waals surface area (Å²) in [6, 6.07) is 18.3. The highest BCUT2D eigenvalue weighted by atomic mass is 16.4. The summed E-state index contributed by atoms with van der Waals surface area (Å²) in [6.45, 7) is 0.954. The lowest BCUT2D eigenvalue weighted by Gasteiger charge is -2.22. The maximum atomic E-state index is 13.0. The first-order valence-electron chi connectivity index (χ1n) is 10.9. The van der Waals surface area contributed by atoms with E-state index in [2.05, 4.69) is 27.8 Å². The number of amides is 1. The summed E-state index contributed by atoms with van der Waals surface area (Å²) in [5.41, 5.74) is 12.8. The van der Waals surface area contributed by atoms with E-state index in [0.29, 0.717) is 25.9 Å². The Bertz CT molecular complexity index is 854. The number of nitrogens with zero attached hydrogens (tertiary/aromatic N) is 1. The van der Waals surface area contributed by atoms with Crippen molar-refractivity contribution in [2.75, 3.05) is 13.1 Å². The molecule has 0 saturated heterocycles. The van der Waals surface area contributed by atoms with Gasteiger partial charge in [0.25, 0.3) is 0 Å². The van der Waals surface area contributed by atoms with Crippen LogP contribution in [0.25, 0.3) is 0 Å². The number of guanidine groups is 1. The number of nitrogens with one attached hydrogen (secondary N) is 2. The molecule has 0 unspecified atom stereocenters. The van der Waals surface area contributed by atoms with Gasteiger partial charge in [-0.25, -0.2) is 4.79 Å². The van der Waals surface area contributed by atoms with E-state index in [1.807, 2.05) is 48.5 Å². The number of rotatable bonds is 14. The Kier molecular flexibility index (Phi) is 10.7. The van der Waals surface area contributed by atoms with Gasteiger partial charge in [0.05, 0.1) is 6.04 Å². The number of carbonyl (C=O) groups is 2. The van der Waals surface area contributed by atoms with Crippen molar-refractivity contribution in [3.63, 3.8) is 0 Å². The molecule has 0 spiro atoms. The van der Waals surface area contributed by atoms with Crippen LogP contribution in [0.4, 0.5) is 0 Å². The first kappa shape index (κ1) is 24.9. The van der Waals surface area contributed by atoms with E-state index < -0.39 is 18.1 Å². The second-order valence-corrected chi connectivity index (χ2v) is 7.63. The van der Waals surface area contributed by atoms with Gasteiger partial charge in [0.2, 0.25) is 5.91 Å². The minimum atomic E-state index is -1.08. The SMILES string of the molecule is NC(N)=NCCC[C@H](NC(=O)[C@@H](Cc1ccccc1)NCCCc1ccccc1)C(=O)O. The molecule has 7 N–H and O–H groups in total. The summed E-state index contributed by atoms with van der Waals surface area (Å²) in [6.07, 6.45) is 2.92. The first-order chi connectivity index (χ1) is 15.5. The summed E-state index contributed by atoms with van der Waals surface area (Å²) in [5.74, 6) is -1.45. The fourth-order valence-electron chi connectivity index (χ4n) is 3.35. The second kappa shape index (κ2) is 13.8. The lowest BCUT2D eigenvalue weighted by atomic mass is 10.0. The smallest absolute Gasteiger partial charge is 0.326 e. The summed E-state index contributed by atoms with van der Waals surface area (Å²) in [7, 11) is 0. The number of carbonyl (C=O) groups excluding carboxylic acids is 1. The number of aliphatic carboxylic acids is 1. The molecule has 32 heavy (non-hydrogen) atoms. The van der Waals surface area contributed by atoms with Crippen molar-refractivity contribution >= 4 is 17.8 Å². The third-order valence-electron chi connectivity index (χ3n) is 5.03. The molecule has 0 bridgehead atoms. The molecule has 0 aliphatic carbocycles. The molecule has 2 aromatic rings. The van der Waals surface area contributed by atoms with Gasteiger partial charge in [-0.15, -0.1) is 0 Å². The van der Waals surface area contributed by atoms with Gasteiger partial charge in [-0.2, -0.15) is 0 Å². The maximum Gasteiger partial charge on any atom is 0.326 e. The predicted octanol–water partition coefficient (Wildman–Crippen LogP) is 1.44. The zero-order valence-corrected chi connectivity index (χ0v) is 18.2. The van der Waals surface area contributed by atoms with Crippen LogP contribution in [0.1, 0.15) is 30.4 Å². The van der Waals surface area contributed by atoms with Crippen LogP contribution in [-0.2, 0) is 22.4 Å². The van der Waals surface area contributed by atoms with E-state index in [-0.39, 0.29) is 18.3 Å². The second-order valence-electron chi connectivity index (χ2n) is 7.63. The van der Waals surface area contributed by atoms with Crippen molar-refractivity contribution in [1.82, 2.24) is 10.6 Å². The number of aliphatic imine (C=N–C) groups is 1. The molecular formula is C24H33N5O3. The summed E-state index contributed by atoms with van der Waals surface area (Å²) < 4.78 is 0. The third kappa shape index (κ3) is 9.61. The average Bonchev–Trinajstić information content (AvgIpc) is 2.78. The standard InChI is InChI=1S/C24H33N5O3/c25-24(26)28-16-8-14-20(23(31)32)29-22(30)21(17-19-11-5-2-6-12-19)27-15-7-13-18-9-3-1-4-10-18/h1-6,9-12,20-21,27H,7-8,13-17H2,(H,29,30)(H,31,32)(H4,25,26,28)/t20-,21+/m0/s1. The zero-order chi connectivity index (χ0) is 23.2. The van der Waals surface area contributed by atoms with Crippen molar-refractivity contribution in [2.45, 2.75) is 44.2 Å². The van der Waals surface area contributed by atoms with E-state index in [1.54, 1.807) is 0 Å². The van der Waals surface area contributed by atoms with E-state index in [9.17, 15) is 14.7 Å². The molecule has 0 aliphatic heterocycles. The lowest BCUT2D eigenvalue weighted by molar-refractivity contribution is -0.142. The van der Waals surface area contributed by atoms with Crippen molar-refractivity contribution in [3.8, 4) is 0 Å². The van der Waals surface area contributed by atoms with Gasteiger partial charge < -0.3 is 27.2 Å². The fraction of sp³-hybridized carbons (Fsp3) is 0.375. The molecule has 0 fully saturated rings. The van der Waals surface area contributed by atoms with Gasteiger partial charge in [-0.1, -0.05) is 60.7 Å². The van der Waals surface area contributed by atoms with E-state index in [1.165, 1.54) is 5.56 Å². The van der Waals surface area contributed by atoms with Gasteiger partial charge in [0.1, 0.15) is 6.04 Å². The highest BCUT2D eigenvalue weighted by molar-refractivity contribution is 5.87. The minimum absolute atomic E-state index is 0.0384. The molecule has 0 heterocycles. The van der Waals surface area contributed by atoms with Crippen LogP contribution < -0.4 is 22.1 Å². The number of aryl methyl sites for hydroxylation is 1. The van der Waals surface area contributed by atoms with Crippen LogP contribution in [-0.4, -0.2) is 48.1 Å². The molecule has 2 rings (SSSR count). The quantitative estimate of drug-likeness (QED) is 0.171. The Morgan fingerprint density at radius 3 is 2.12 bits per heavy atom. The Balaban J connectivity index is 1.94. The molecule has 0 aromatic heterocycles. The Morgan fingerprint density at radius 1 is 0.906 bits per heavy atom. The van der Waals surface area contributed by atoms with Gasteiger partial charge in [-0.3, -0.25) is 9.79 Å². The van der Waals surface area contributed by atoms with Gasteiger partial charge in [0, 0.05) is 6.54 Å². The van der Waals surface area contributed by atoms with Crippen molar-refractivity contribution in [2.24, 2.45) is 16.5 Å². The van der Waals surface area contributed by atoms with Crippen molar-refractivity contribution in [3.05, 3.63) is 71.8 Å². The predicted molar refractivity (Wildman–Crippen MR) is 126 cm³/mol. The summed E-state index contributed by atoms with van der Waals surface area (Å²) in [5, 5.41) is 15.5. The van der Waals surface area contributed by atoms with Gasteiger partial charge in [-0.05, 0) is 49.8 Å². The zero-order valence-electron chi connectivity index (χ0n) is 18.2. The number of hydrogen-bond donors (Lipinski definition) is 5. The molecule has 172 valence electrons. The molecular weight excluding hydrogens is 406 g/mol. The van der Waals surface area contributed by atoms with Crippen LogP contribution in [0.2, 0.25) is 0 Å². The lowest BCUT2D eigenvalue weighted by Crippen LogP contribution is -2.51. The number of benzene rings is 2. The number of carboxylic acid groups (broad SMARTS) is 1. The van der Waals surface area contributed by atoms with E-state index in [4.69, 9.17) is 11.5 Å². The number of nitrogens with two attached hydrogens (primary N) is 2. The van der Waals surface area contributed by atoms with E-state index in [0.717, 1.165) is 18.4 Å². The van der Waals surface area contributed by atoms with Crippen molar-refractivity contribution in [1.29, 1.82) is 0 Å². The molecule has 8 nitrogen and oxygen atoms in total. The molecule has 2 atom stereocenters. The van der Waals surface area contributed by atoms with E-state index >= 15 is 0 Å². The van der Waals surface area contributed by atoms with Crippen LogP contribution in [0.15, 0.2) is 65.7 Å². The van der Waals surface area contributed by atoms with Gasteiger partial charge >= 0.3 is 5.97 Å². The molecule has 1 amide bonds. The van der Waals surface area contributed by atoms with Crippen LogP contribution in [0.5, 0.6) is 0 Å². The normalized spacial score (nSPS) is 12.5. The molecule has 2 aromatic carbocycles. The molecule has 8 heteroatoms. The summed E-state index contributed by atoms with van der Waals surface area (Å²) >= 11 is 0. The Labute approximate surface area is 189 Å². The fourth-order valence-corrected chi connectivity index (χ4v) is 3.35. The Hall–Kier alpha value is -3.39. The minimum Gasteiger partial charge on any atom is -0.480 e. The maximum absolute atomic E-state index is 13.0. The molecule has 0 saturated carbocycles. The number of hydrogen-bond acceptors (Lipinski definition) is 4. The summed E-state index contributed by atoms with van der Waals surface area (Å²) in [4.78, 5) is 28.5. The average molecular weight is 440 g/mol. The number of carboxylic acids is 1. The van der Waals surface area contributed by atoms with Crippen LogP contribution in [0, 0.1) is 0 Å².